The van der Waals surface area contributed by atoms with E-state index >= 15 is 0 Å². The number of hydrogen-bond donors (Lipinski definition) is 2. The van der Waals surface area contributed by atoms with Crippen LogP contribution in [0.1, 0.15) is 59.5 Å². The highest BCUT2D eigenvalue weighted by Gasteiger charge is 2.44. The van der Waals surface area contributed by atoms with Crippen molar-refractivity contribution in [2.45, 2.75) is 56.6 Å². The number of carbonyl (C=O) groups is 2. The molecule has 0 radical (unpaired) electrons. The van der Waals surface area contributed by atoms with Gasteiger partial charge in [0.1, 0.15) is 0 Å². The number of benzene rings is 2. The molecule has 1 aliphatic carbocycles. The molecule has 1 aromatic heterocycles. The van der Waals surface area contributed by atoms with Crippen LogP contribution >= 0.6 is 0 Å². The van der Waals surface area contributed by atoms with E-state index in [1.807, 2.05) is 28.8 Å². The summed E-state index contributed by atoms with van der Waals surface area (Å²) in [7, 11) is -1.28. The second-order valence-corrected chi connectivity index (χ2v) is 13.8. The van der Waals surface area contributed by atoms with Crippen molar-refractivity contribution in [2.24, 2.45) is 0 Å². The second-order valence-electron chi connectivity index (χ2n) is 11.9. The van der Waals surface area contributed by atoms with Crippen molar-refractivity contribution >= 4 is 32.9 Å². The Morgan fingerprint density at radius 2 is 1.76 bits per heavy atom. The number of morpholine rings is 1. The molecule has 1 atom stereocenters. The number of ether oxygens (including phenoxy) is 1. The molecule has 2 aliphatic heterocycles. The van der Waals surface area contributed by atoms with Crippen LogP contribution in [0, 0.1) is 0 Å². The van der Waals surface area contributed by atoms with E-state index in [2.05, 4.69) is 10.8 Å². The van der Waals surface area contributed by atoms with Crippen molar-refractivity contribution in [1.82, 2.24) is 18.5 Å². The largest absolute Gasteiger partial charge is 0.378 e. The van der Waals surface area contributed by atoms with Crippen molar-refractivity contribution in [2.75, 3.05) is 40.4 Å². The monoisotopic (exact) mass is 594 g/mol. The Kier molecular flexibility index (Phi) is 7.63. The predicted octanol–water partition coefficient (Wildman–Crippen LogP) is 3.04. The van der Waals surface area contributed by atoms with Gasteiger partial charge in [0.15, 0.2) is 5.60 Å². The van der Waals surface area contributed by atoms with E-state index in [0.717, 1.165) is 52.2 Å². The number of carbonyl (C=O) groups excluding carboxylic acids is 2. The van der Waals surface area contributed by atoms with Gasteiger partial charge in [-0.25, -0.2) is 4.72 Å². The Morgan fingerprint density at radius 1 is 1.05 bits per heavy atom. The van der Waals surface area contributed by atoms with Gasteiger partial charge in [0.25, 0.3) is 11.8 Å². The molecule has 1 saturated heterocycles. The lowest BCUT2D eigenvalue weighted by atomic mass is 9.81. The first-order chi connectivity index (χ1) is 20.1. The second kappa shape index (κ2) is 11.1. The highest BCUT2D eigenvalue weighted by Crippen LogP contribution is 2.47. The van der Waals surface area contributed by atoms with Crippen molar-refractivity contribution in [3.05, 3.63) is 59.2 Å². The lowest BCUT2D eigenvalue weighted by Crippen LogP contribution is -2.55. The molecule has 10 nitrogen and oxygen atoms in total. The van der Waals surface area contributed by atoms with Crippen LogP contribution in [0.25, 0.3) is 22.2 Å². The Labute approximate surface area is 246 Å². The number of nitrogens with zero attached hydrogens (tertiary/aromatic N) is 3. The summed E-state index contributed by atoms with van der Waals surface area (Å²) < 4.78 is 35.4. The average Bonchev–Trinajstić information content (AvgIpc) is 3.22. The molecule has 2 N–H and O–H groups in total. The maximum Gasteiger partial charge on any atom is 0.303 e. The van der Waals surface area contributed by atoms with E-state index in [0.29, 0.717) is 37.7 Å². The van der Waals surface area contributed by atoms with Crippen molar-refractivity contribution < 1.29 is 27.9 Å². The van der Waals surface area contributed by atoms with E-state index in [1.54, 1.807) is 17.0 Å². The van der Waals surface area contributed by atoms with Crippen LogP contribution in [-0.4, -0.2) is 85.1 Å². The molecule has 0 bridgehead atoms. The molecule has 3 aromatic rings. The molecule has 0 spiro atoms. The Morgan fingerprint density at radius 3 is 2.48 bits per heavy atom. The van der Waals surface area contributed by atoms with Crippen LogP contribution in [0.5, 0.6) is 0 Å². The van der Waals surface area contributed by atoms with Gasteiger partial charge in [-0.05, 0) is 42.0 Å². The fourth-order valence-corrected chi connectivity index (χ4v) is 7.32. The Hall–Kier alpha value is -3.25. The smallest absolute Gasteiger partial charge is 0.303 e. The fraction of sp³-hybridized carbons (Fsp3) is 0.484. The van der Waals surface area contributed by atoms with Gasteiger partial charge in [0, 0.05) is 55.6 Å². The standard InChI is InChI=1S/C31H38N4O6S/c1-33(2)42(39,40)32-29(36)22-12-13-25-26(18-22)35-20-31(38,30(37)34-14-16-41-17-15-34)19-23-10-6-7-11-24(23)28(35)27(25)21-8-4-3-5-9-21/h6-7,10-13,18,21,38H,3-5,8-9,14-17,19-20H2,1-2H3,(H,32,36). The summed E-state index contributed by atoms with van der Waals surface area (Å²) >= 11 is 0. The molecular formula is C31H38N4O6S. The number of amides is 2. The minimum Gasteiger partial charge on any atom is -0.378 e. The van der Waals surface area contributed by atoms with E-state index in [1.165, 1.54) is 26.1 Å². The zero-order valence-corrected chi connectivity index (χ0v) is 25.0. The molecule has 2 amide bonds. The highest BCUT2D eigenvalue weighted by molar-refractivity contribution is 7.87. The molecule has 42 heavy (non-hydrogen) atoms. The molecule has 1 saturated carbocycles. The van der Waals surface area contributed by atoms with Crippen LogP contribution in [0.3, 0.4) is 0 Å². The van der Waals surface area contributed by atoms with Gasteiger partial charge in [-0.2, -0.15) is 12.7 Å². The first-order valence-electron chi connectivity index (χ1n) is 14.7. The van der Waals surface area contributed by atoms with Gasteiger partial charge in [-0.3, -0.25) is 9.59 Å². The van der Waals surface area contributed by atoms with E-state index in [4.69, 9.17) is 4.74 Å². The van der Waals surface area contributed by atoms with E-state index in [-0.39, 0.29) is 24.4 Å². The maximum atomic E-state index is 14.0. The number of nitrogens with one attached hydrogen (secondary N) is 1. The number of fused-ring (bicyclic) bond motifs is 5. The van der Waals surface area contributed by atoms with Crippen LogP contribution in [-0.2, 0) is 32.7 Å². The molecule has 1 unspecified atom stereocenters. The third kappa shape index (κ3) is 5.12. The van der Waals surface area contributed by atoms with Gasteiger partial charge in [-0.1, -0.05) is 49.6 Å². The summed E-state index contributed by atoms with van der Waals surface area (Å²) in [6.07, 6.45) is 5.68. The van der Waals surface area contributed by atoms with Gasteiger partial charge in [-0.15, -0.1) is 0 Å². The minimum absolute atomic E-state index is 0.0114. The quantitative estimate of drug-likeness (QED) is 0.469. The Balaban J connectivity index is 1.55. The lowest BCUT2D eigenvalue weighted by Gasteiger charge is -2.35. The summed E-state index contributed by atoms with van der Waals surface area (Å²) in [5, 5.41) is 13.2. The normalized spacial score (nSPS) is 21.6. The van der Waals surface area contributed by atoms with Gasteiger partial charge < -0.3 is 19.3 Å². The number of hydrogen-bond acceptors (Lipinski definition) is 6. The number of aromatic nitrogens is 1. The summed E-state index contributed by atoms with van der Waals surface area (Å²) in [6.45, 7) is 1.70. The molecule has 3 heterocycles. The third-order valence-corrected chi connectivity index (χ3v) is 10.4. The topological polar surface area (TPSA) is 121 Å². The summed E-state index contributed by atoms with van der Waals surface area (Å²) in [5.41, 5.74) is 3.18. The first-order valence-corrected chi connectivity index (χ1v) is 16.1. The Bertz CT molecular complexity index is 1640. The minimum atomic E-state index is -3.99. The van der Waals surface area contributed by atoms with Crippen LogP contribution in [0.2, 0.25) is 0 Å². The van der Waals surface area contributed by atoms with Gasteiger partial charge in [0.05, 0.1) is 25.5 Å². The van der Waals surface area contributed by atoms with E-state index in [9.17, 15) is 23.1 Å². The lowest BCUT2D eigenvalue weighted by molar-refractivity contribution is -0.156. The summed E-state index contributed by atoms with van der Waals surface area (Å²) in [5.74, 6) is -0.782. The zero-order valence-electron chi connectivity index (χ0n) is 24.1. The van der Waals surface area contributed by atoms with Crippen LogP contribution < -0.4 is 4.72 Å². The molecule has 2 fully saturated rings. The average molecular weight is 595 g/mol. The van der Waals surface area contributed by atoms with Crippen molar-refractivity contribution in [1.29, 1.82) is 0 Å². The van der Waals surface area contributed by atoms with Crippen LogP contribution in [0.15, 0.2) is 42.5 Å². The number of aliphatic hydroxyl groups is 1. The first kappa shape index (κ1) is 28.9. The molecule has 2 aromatic carbocycles. The fourth-order valence-electron chi connectivity index (χ4n) is 6.79. The highest BCUT2D eigenvalue weighted by atomic mass is 32.2. The van der Waals surface area contributed by atoms with Crippen LogP contribution in [0.4, 0.5) is 0 Å². The summed E-state index contributed by atoms with van der Waals surface area (Å²) in [4.78, 5) is 28.8. The predicted molar refractivity (Wildman–Crippen MR) is 159 cm³/mol. The SMILES string of the molecule is CN(C)S(=O)(=O)NC(=O)c1ccc2c(C3CCCCC3)c3n(c2c1)CC(O)(C(=O)N1CCOCC1)Cc1ccccc1-3. The summed E-state index contributed by atoms with van der Waals surface area (Å²) in [6, 6.07) is 13.2. The van der Waals surface area contributed by atoms with Crippen molar-refractivity contribution in [3.63, 3.8) is 0 Å². The zero-order chi connectivity index (χ0) is 29.6. The number of rotatable bonds is 5. The third-order valence-electron chi connectivity index (χ3n) is 8.95. The molecule has 11 heteroatoms. The molecule has 3 aliphatic rings. The molecule has 6 rings (SSSR count). The van der Waals surface area contributed by atoms with Crippen molar-refractivity contribution in [3.8, 4) is 11.3 Å². The van der Waals surface area contributed by atoms with Gasteiger partial charge >= 0.3 is 10.2 Å². The van der Waals surface area contributed by atoms with Gasteiger partial charge in [0.2, 0.25) is 0 Å². The van der Waals surface area contributed by atoms with E-state index < -0.39 is 21.7 Å². The molecule has 224 valence electrons. The maximum absolute atomic E-state index is 14.0. The molecular weight excluding hydrogens is 556 g/mol.